The second-order valence-corrected chi connectivity index (χ2v) is 2.20. The van der Waals surface area contributed by atoms with Crippen LogP contribution in [0.5, 0.6) is 0 Å². The highest BCUT2D eigenvalue weighted by molar-refractivity contribution is 5.61. The van der Waals surface area contributed by atoms with Crippen LogP contribution in [0.25, 0.3) is 5.70 Å². The molecule has 11 heavy (non-hydrogen) atoms. The molecule has 0 aliphatic carbocycles. The smallest absolute Gasteiger partial charge is 0.123 e. The van der Waals surface area contributed by atoms with Crippen LogP contribution in [0.15, 0.2) is 24.9 Å². The molecule has 58 valence electrons. The fourth-order valence-corrected chi connectivity index (χ4v) is 0.728. The summed E-state index contributed by atoms with van der Waals surface area (Å²) >= 11 is 0. The van der Waals surface area contributed by atoms with Crippen LogP contribution in [0.3, 0.4) is 0 Å². The largest absolute Gasteiger partial charge is 0.388 e. The molecule has 0 saturated carbocycles. The molecule has 3 nitrogen and oxygen atoms in total. The van der Waals surface area contributed by atoms with Crippen LogP contribution in [0.1, 0.15) is 5.56 Å². The van der Waals surface area contributed by atoms with E-state index < -0.39 is 0 Å². The average molecular weight is 149 g/mol. The summed E-state index contributed by atoms with van der Waals surface area (Å²) in [5.41, 5.74) is 7.21. The van der Waals surface area contributed by atoms with Gasteiger partial charge in [-0.15, -0.1) is 0 Å². The highest BCUT2D eigenvalue weighted by Crippen LogP contribution is 2.07. The predicted octanol–water partition coefficient (Wildman–Crippen LogP) is 0.854. The van der Waals surface area contributed by atoms with Crippen molar-refractivity contribution in [1.29, 1.82) is 0 Å². The minimum atomic E-state index is 0.526. The Balaban J connectivity index is 2.90. The minimum absolute atomic E-state index is 0.526. The van der Waals surface area contributed by atoms with Crippen LogP contribution >= 0.6 is 0 Å². The molecule has 0 saturated heterocycles. The maximum atomic E-state index is 5.41. The van der Waals surface area contributed by atoms with Gasteiger partial charge in [0.2, 0.25) is 0 Å². The summed E-state index contributed by atoms with van der Waals surface area (Å²) in [6.45, 7) is 3.78. The van der Waals surface area contributed by atoms with Gasteiger partial charge in [-0.1, -0.05) is 6.58 Å². The molecule has 0 bridgehead atoms. The lowest BCUT2D eigenvalue weighted by Crippen LogP contribution is -2.03. The molecular weight excluding hydrogens is 138 g/mol. The normalized spacial score (nSPS) is 9.18. The molecule has 0 spiro atoms. The van der Waals surface area contributed by atoms with Crippen molar-refractivity contribution in [3.8, 4) is 0 Å². The van der Waals surface area contributed by atoms with Crippen LogP contribution in [-0.4, -0.2) is 12.0 Å². The van der Waals surface area contributed by atoms with E-state index in [9.17, 15) is 0 Å². The first-order valence-corrected chi connectivity index (χ1v) is 3.32. The SMILES string of the molecule is C=C(NC)c1ccc(N)nc1. The Morgan fingerprint density at radius 1 is 1.64 bits per heavy atom. The number of nitrogen functional groups attached to an aromatic ring is 1. The molecule has 0 aliphatic rings. The summed E-state index contributed by atoms with van der Waals surface area (Å²) in [5, 5.41) is 2.93. The third kappa shape index (κ3) is 1.70. The van der Waals surface area contributed by atoms with E-state index in [1.165, 1.54) is 0 Å². The Kier molecular flexibility index (Phi) is 2.11. The average Bonchev–Trinajstić information content (AvgIpc) is 2.05. The minimum Gasteiger partial charge on any atom is -0.388 e. The van der Waals surface area contributed by atoms with Crippen molar-refractivity contribution in [2.45, 2.75) is 0 Å². The molecule has 0 amide bonds. The number of hydrogen-bond donors (Lipinski definition) is 2. The fourth-order valence-electron chi connectivity index (χ4n) is 0.728. The van der Waals surface area contributed by atoms with E-state index in [4.69, 9.17) is 5.73 Å². The summed E-state index contributed by atoms with van der Waals surface area (Å²) in [7, 11) is 1.82. The van der Waals surface area contributed by atoms with Crippen LogP contribution in [0.2, 0.25) is 0 Å². The van der Waals surface area contributed by atoms with Crippen LogP contribution in [0, 0.1) is 0 Å². The van der Waals surface area contributed by atoms with Crippen molar-refractivity contribution in [2.75, 3.05) is 12.8 Å². The van der Waals surface area contributed by atoms with E-state index >= 15 is 0 Å². The molecule has 0 fully saturated rings. The zero-order chi connectivity index (χ0) is 8.27. The van der Waals surface area contributed by atoms with Gasteiger partial charge in [0.1, 0.15) is 5.82 Å². The van der Waals surface area contributed by atoms with Crippen molar-refractivity contribution in [1.82, 2.24) is 10.3 Å². The quantitative estimate of drug-likeness (QED) is 0.655. The van der Waals surface area contributed by atoms with Crippen LogP contribution < -0.4 is 11.1 Å². The van der Waals surface area contributed by atoms with Crippen molar-refractivity contribution in [3.05, 3.63) is 30.5 Å². The zero-order valence-corrected chi connectivity index (χ0v) is 6.46. The molecule has 3 N–H and O–H groups in total. The number of nitrogens with zero attached hydrogens (tertiary/aromatic N) is 1. The molecule has 1 rings (SSSR count). The second kappa shape index (κ2) is 3.05. The van der Waals surface area contributed by atoms with Gasteiger partial charge in [0.25, 0.3) is 0 Å². The topological polar surface area (TPSA) is 50.9 Å². The van der Waals surface area contributed by atoms with E-state index in [1.807, 2.05) is 13.1 Å². The Labute approximate surface area is 65.9 Å². The van der Waals surface area contributed by atoms with E-state index in [2.05, 4.69) is 16.9 Å². The Bertz CT molecular complexity index is 251. The number of aromatic nitrogens is 1. The van der Waals surface area contributed by atoms with Crippen LogP contribution in [0.4, 0.5) is 5.82 Å². The summed E-state index contributed by atoms with van der Waals surface area (Å²) in [6.07, 6.45) is 1.69. The first kappa shape index (κ1) is 7.60. The maximum Gasteiger partial charge on any atom is 0.123 e. The van der Waals surface area contributed by atoms with Gasteiger partial charge in [0, 0.05) is 24.5 Å². The van der Waals surface area contributed by atoms with Gasteiger partial charge in [-0.25, -0.2) is 4.98 Å². The van der Waals surface area contributed by atoms with E-state index in [0.717, 1.165) is 11.3 Å². The van der Waals surface area contributed by atoms with Crippen molar-refractivity contribution < 1.29 is 0 Å². The summed E-state index contributed by atoms with van der Waals surface area (Å²) < 4.78 is 0. The van der Waals surface area contributed by atoms with Gasteiger partial charge in [-0.3, -0.25) is 0 Å². The molecule has 1 aromatic rings. The van der Waals surface area contributed by atoms with E-state index in [1.54, 1.807) is 12.3 Å². The summed E-state index contributed by atoms with van der Waals surface area (Å²) in [4.78, 5) is 3.93. The third-order valence-corrected chi connectivity index (χ3v) is 1.44. The lowest BCUT2D eigenvalue weighted by molar-refractivity contribution is 1.12. The molecule has 3 heteroatoms. The summed E-state index contributed by atoms with van der Waals surface area (Å²) in [5.74, 6) is 0.526. The molecule has 1 aromatic heterocycles. The van der Waals surface area contributed by atoms with E-state index in [-0.39, 0.29) is 0 Å². The van der Waals surface area contributed by atoms with Crippen LogP contribution in [-0.2, 0) is 0 Å². The highest BCUT2D eigenvalue weighted by Gasteiger charge is 1.94. The first-order valence-electron chi connectivity index (χ1n) is 3.32. The molecular formula is C8H11N3. The number of hydrogen-bond acceptors (Lipinski definition) is 3. The van der Waals surface area contributed by atoms with Gasteiger partial charge in [-0.05, 0) is 12.1 Å². The fraction of sp³-hybridized carbons (Fsp3) is 0.125. The van der Waals surface area contributed by atoms with E-state index in [0.29, 0.717) is 5.82 Å². The van der Waals surface area contributed by atoms with Gasteiger partial charge in [-0.2, -0.15) is 0 Å². The number of pyridine rings is 1. The van der Waals surface area contributed by atoms with Gasteiger partial charge < -0.3 is 11.1 Å². The molecule has 0 unspecified atom stereocenters. The maximum absolute atomic E-state index is 5.41. The monoisotopic (exact) mass is 149 g/mol. The molecule has 0 aromatic carbocycles. The van der Waals surface area contributed by atoms with Crippen molar-refractivity contribution in [2.24, 2.45) is 0 Å². The van der Waals surface area contributed by atoms with Gasteiger partial charge in [0.15, 0.2) is 0 Å². The molecule has 0 radical (unpaired) electrons. The lowest BCUT2D eigenvalue weighted by atomic mass is 10.2. The van der Waals surface area contributed by atoms with Gasteiger partial charge in [0.05, 0.1) is 0 Å². The number of rotatable bonds is 2. The third-order valence-electron chi connectivity index (χ3n) is 1.44. The number of nitrogens with two attached hydrogens (primary N) is 1. The van der Waals surface area contributed by atoms with Gasteiger partial charge >= 0.3 is 0 Å². The Morgan fingerprint density at radius 3 is 2.82 bits per heavy atom. The zero-order valence-electron chi connectivity index (χ0n) is 6.46. The predicted molar refractivity (Wildman–Crippen MR) is 46.7 cm³/mol. The Morgan fingerprint density at radius 2 is 2.36 bits per heavy atom. The number of anilines is 1. The second-order valence-electron chi connectivity index (χ2n) is 2.20. The Hall–Kier alpha value is -1.51. The molecule has 0 aliphatic heterocycles. The lowest BCUT2D eigenvalue weighted by Gasteiger charge is -2.03. The number of nitrogens with one attached hydrogen (secondary N) is 1. The summed E-state index contributed by atoms with van der Waals surface area (Å²) in [6, 6.07) is 3.62. The first-order chi connectivity index (χ1) is 5.24. The van der Waals surface area contributed by atoms with Crippen molar-refractivity contribution in [3.63, 3.8) is 0 Å². The highest BCUT2D eigenvalue weighted by atomic mass is 14.8. The standard InChI is InChI=1S/C8H11N3/c1-6(10-2)7-3-4-8(9)11-5-7/h3-5,10H,1H2,2H3,(H2,9,11). The molecule has 1 heterocycles. The molecule has 0 atom stereocenters. The van der Waals surface area contributed by atoms with Crippen molar-refractivity contribution >= 4 is 11.5 Å².